The SMILES string of the molecule is NC(=O)OC[C@H](O)C[C@@H](N)C(=O)N[C@H](C(=O)O)[C@H]1O[C@@H](n2cc(CO)c(=O)[nH]c2=O)[C@H](O)[C@@H]1O. The number of aliphatic hydroxyl groups excluding tert-OH is 4. The van der Waals surface area contributed by atoms with Gasteiger partial charge in [0, 0.05) is 12.6 Å². The van der Waals surface area contributed by atoms with Crippen LogP contribution >= 0.6 is 0 Å². The molecule has 0 radical (unpaired) electrons. The summed E-state index contributed by atoms with van der Waals surface area (Å²) in [5.41, 5.74) is 8.12. The molecule has 17 heteroatoms. The molecule has 1 aliphatic heterocycles. The Labute approximate surface area is 189 Å². The third kappa shape index (κ3) is 6.16. The van der Waals surface area contributed by atoms with Crippen molar-refractivity contribution in [3.63, 3.8) is 0 Å². The highest BCUT2D eigenvalue weighted by Gasteiger charge is 2.50. The van der Waals surface area contributed by atoms with Crippen molar-refractivity contribution in [3.05, 3.63) is 32.6 Å². The molecular weight excluding hydrogens is 466 g/mol. The Kier molecular flexibility index (Phi) is 8.85. The first kappa shape index (κ1) is 26.9. The Bertz CT molecular complexity index is 1020. The van der Waals surface area contributed by atoms with Gasteiger partial charge in [0.15, 0.2) is 12.3 Å². The van der Waals surface area contributed by atoms with E-state index in [-0.39, 0.29) is 5.56 Å². The van der Waals surface area contributed by atoms with Gasteiger partial charge in [0.25, 0.3) is 5.56 Å². The molecule has 34 heavy (non-hydrogen) atoms. The summed E-state index contributed by atoms with van der Waals surface area (Å²) in [6, 6.07) is -3.45. The number of aromatic amines is 1. The number of hydrogen-bond acceptors (Lipinski definition) is 12. The number of aliphatic hydroxyl groups is 4. The number of carbonyl (C=O) groups is 3. The molecule has 0 unspecified atom stereocenters. The zero-order valence-electron chi connectivity index (χ0n) is 17.4. The van der Waals surface area contributed by atoms with Crippen molar-refractivity contribution >= 4 is 18.0 Å². The largest absolute Gasteiger partial charge is 0.480 e. The molecule has 1 aliphatic rings. The zero-order valence-corrected chi connectivity index (χ0v) is 17.4. The van der Waals surface area contributed by atoms with Gasteiger partial charge < -0.3 is 51.8 Å². The number of carboxylic acids is 1. The molecule has 1 saturated heterocycles. The molecule has 2 amide bonds. The molecule has 2 rings (SSSR count). The van der Waals surface area contributed by atoms with E-state index in [1.807, 2.05) is 10.3 Å². The first-order chi connectivity index (χ1) is 15.9. The van der Waals surface area contributed by atoms with Crippen LogP contribution in [0, 0.1) is 0 Å². The molecule has 1 aromatic rings. The van der Waals surface area contributed by atoms with Crippen molar-refractivity contribution < 1.29 is 49.4 Å². The highest BCUT2D eigenvalue weighted by molar-refractivity contribution is 5.87. The average Bonchev–Trinajstić information content (AvgIpc) is 3.04. The number of ether oxygens (including phenoxy) is 2. The maximum Gasteiger partial charge on any atom is 0.404 e. The maximum atomic E-state index is 12.3. The second-order valence-corrected chi connectivity index (χ2v) is 7.40. The Morgan fingerprint density at radius 3 is 2.47 bits per heavy atom. The number of rotatable bonds is 10. The predicted molar refractivity (Wildman–Crippen MR) is 107 cm³/mol. The van der Waals surface area contributed by atoms with Crippen LogP contribution in [0.15, 0.2) is 15.8 Å². The van der Waals surface area contributed by atoms with E-state index in [4.69, 9.17) is 16.2 Å². The molecule has 0 aliphatic carbocycles. The number of carboxylic acid groups (broad SMARTS) is 1. The highest BCUT2D eigenvalue weighted by Crippen LogP contribution is 2.30. The van der Waals surface area contributed by atoms with E-state index >= 15 is 0 Å². The summed E-state index contributed by atoms with van der Waals surface area (Å²) in [6.45, 7) is -1.34. The first-order valence-corrected chi connectivity index (χ1v) is 9.73. The van der Waals surface area contributed by atoms with Crippen molar-refractivity contribution in [1.29, 1.82) is 0 Å². The lowest BCUT2D eigenvalue weighted by molar-refractivity contribution is -0.149. The monoisotopic (exact) mass is 491 g/mol. The lowest BCUT2D eigenvalue weighted by Crippen LogP contribution is -2.56. The van der Waals surface area contributed by atoms with Crippen molar-refractivity contribution in [3.8, 4) is 0 Å². The van der Waals surface area contributed by atoms with Crippen LogP contribution in [0.5, 0.6) is 0 Å². The smallest absolute Gasteiger partial charge is 0.404 e. The maximum absolute atomic E-state index is 12.3. The summed E-state index contributed by atoms with van der Waals surface area (Å²) in [5, 5.41) is 51.1. The molecule has 190 valence electrons. The second kappa shape index (κ2) is 11.2. The van der Waals surface area contributed by atoms with Gasteiger partial charge in [0.05, 0.1) is 24.3 Å². The molecule has 1 aromatic heterocycles. The first-order valence-electron chi connectivity index (χ1n) is 9.73. The molecule has 17 nitrogen and oxygen atoms in total. The lowest BCUT2D eigenvalue weighted by atomic mass is 10.0. The van der Waals surface area contributed by atoms with Gasteiger partial charge in [0.1, 0.15) is 24.9 Å². The molecule has 0 aromatic carbocycles. The minimum absolute atomic E-state index is 0.277. The van der Waals surface area contributed by atoms with E-state index in [9.17, 15) is 49.5 Å². The normalized spacial score (nSPS) is 24.7. The van der Waals surface area contributed by atoms with Gasteiger partial charge in [-0.25, -0.2) is 14.4 Å². The van der Waals surface area contributed by atoms with E-state index in [1.54, 1.807) is 0 Å². The van der Waals surface area contributed by atoms with Crippen molar-refractivity contribution in [2.45, 2.75) is 55.8 Å². The van der Waals surface area contributed by atoms with Gasteiger partial charge in [-0.15, -0.1) is 0 Å². The van der Waals surface area contributed by atoms with E-state index < -0.39 is 91.6 Å². The van der Waals surface area contributed by atoms with E-state index in [1.165, 1.54) is 0 Å². The van der Waals surface area contributed by atoms with Crippen LogP contribution in [0.4, 0.5) is 4.79 Å². The summed E-state index contributed by atoms with van der Waals surface area (Å²) >= 11 is 0. The van der Waals surface area contributed by atoms with Gasteiger partial charge >= 0.3 is 17.8 Å². The molecule has 2 heterocycles. The summed E-state index contributed by atoms with van der Waals surface area (Å²) in [7, 11) is 0. The van der Waals surface area contributed by atoms with Crippen molar-refractivity contribution in [2.75, 3.05) is 6.61 Å². The summed E-state index contributed by atoms with van der Waals surface area (Å²) in [4.78, 5) is 60.2. The van der Waals surface area contributed by atoms with Gasteiger partial charge in [0.2, 0.25) is 5.91 Å². The molecule has 0 spiro atoms. The van der Waals surface area contributed by atoms with Gasteiger partial charge in [-0.1, -0.05) is 0 Å². The van der Waals surface area contributed by atoms with E-state index in [0.717, 1.165) is 6.20 Å². The van der Waals surface area contributed by atoms with Gasteiger partial charge in [-0.3, -0.25) is 19.1 Å². The van der Waals surface area contributed by atoms with Crippen molar-refractivity contribution in [1.82, 2.24) is 14.9 Å². The third-order valence-corrected chi connectivity index (χ3v) is 4.93. The van der Waals surface area contributed by atoms with Crippen LogP contribution < -0.4 is 28.0 Å². The summed E-state index contributed by atoms with van der Waals surface area (Å²) < 4.78 is 10.3. The van der Waals surface area contributed by atoms with Crippen LogP contribution in [-0.4, -0.2) is 96.2 Å². The van der Waals surface area contributed by atoms with Gasteiger partial charge in [-0.2, -0.15) is 0 Å². The molecular formula is C17H25N5O12. The summed E-state index contributed by atoms with van der Waals surface area (Å²) in [5.74, 6) is -2.79. The number of H-pyrrole nitrogens is 1. The number of hydrogen-bond donors (Lipinski definition) is 9. The number of carbonyl (C=O) groups excluding carboxylic acids is 2. The topological polar surface area (TPSA) is 290 Å². The number of amides is 2. The van der Waals surface area contributed by atoms with E-state index in [0.29, 0.717) is 4.57 Å². The number of nitrogens with zero attached hydrogens (tertiary/aromatic N) is 1. The zero-order chi connectivity index (χ0) is 25.7. The number of primary amides is 1. The number of nitrogens with two attached hydrogens (primary N) is 2. The molecule has 0 bridgehead atoms. The van der Waals surface area contributed by atoms with Crippen molar-refractivity contribution in [2.24, 2.45) is 11.5 Å². The number of nitrogens with one attached hydrogen (secondary N) is 2. The fraction of sp³-hybridized carbons (Fsp3) is 0.588. The quantitative estimate of drug-likeness (QED) is 0.148. The Balaban J connectivity index is 2.18. The molecule has 7 atom stereocenters. The molecule has 1 fully saturated rings. The minimum Gasteiger partial charge on any atom is -0.480 e. The highest BCUT2D eigenvalue weighted by atomic mass is 16.6. The Morgan fingerprint density at radius 1 is 1.26 bits per heavy atom. The summed E-state index contributed by atoms with van der Waals surface area (Å²) in [6.07, 6.45) is -9.43. The Hall–Kier alpha value is -3.35. The third-order valence-electron chi connectivity index (χ3n) is 4.93. The lowest BCUT2D eigenvalue weighted by Gasteiger charge is -2.25. The van der Waals surface area contributed by atoms with Crippen LogP contribution in [0.1, 0.15) is 18.2 Å². The fourth-order valence-electron chi connectivity index (χ4n) is 3.21. The molecule has 0 saturated carbocycles. The van der Waals surface area contributed by atoms with Gasteiger partial charge in [-0.05, 0) is 0 Å². The van der Waals surface area contributed by atoms with Crippen LogP contribution in [-0.2, 0) is 25.7 Å². The molecule has 11 N–H and O–H groups in total. The minimum atomic E-state index is -1.97. The fourth-order valence-corrected chi connectivity index (χ4v) is 3.21. The number of aromatic nitrogens is 2. The second-order valence-electron chi connectivity index (χ2n) is 7.40. The van der Waals surface area contributed by atoms with E-state index in [2.05, 4.69) is 4.74 Å². The Morgan fingerprint density at radius 2 is 1.91 bits per heavy atom. The standard InChI is InChI=1S/C17H25N5O12/c18-7(1-6(24)4-33-16(19)31)13(28)20-8(15(29)30)11-9(25)10(26)14(34-11)22-2-5(3-23)12(27)21-17(22)32/h2,6-11,14,23-26H,1,3-4,18H2,(H2,19,31)(H,20,28)(H,29,30)(H,21,27,32)/t6-,7-,8+,9+,10-,11-,14-/m1/s1. The van der Waals surface area contributed by atoms with Crippen LogP contribution in [0.3, 0.4) is 0 Å². The predicted octanol–water partition coefficient (Wildman–Crippen LogP) is -5.61. The van der Waals surface area contributed by atoms with Crippen LogP contribution in [0.25, 0.3) is 0 Å². The van der Waals surface area contributed by atoms with Crippen LogP contribution in [0.2, 0.25) is 0 Å². The number of aliphatic carboxylic acids is 1. The average molecular weight is 491 g/mol.